The minimum Gasteiger partial charge on any atom is -0.493 e. The Labute approximate surface area is 169 Å². The van der Waals surface area contributed by atoms with E-state index >= 15 is 0 Å². The number of rotatable bonds is 3. The first-order valence-corrected chi connectivity index (χ1v) is 10.3. The molecule has 0 amide bonds. The van der Waals surface area contributed by atoms with Crippen molar-refractivity contribution >= 4 is 11.7 Å². The Hall–Kier alpha value is -2.25. The lowest BCUT2D eigenvalue weighted by Crippen LogP contribution is -2.73. The lowest BCUT2D eigenvalue weighted by Gasteiger charge is -2.60. The Morgan fingerprint density at radius 3 is 2.72 bits per heavy atom. The zero-order valence-electron chi connectivity index (χ0n) is 17.2. The first kappa shape index (κ1) is 17.6. The van der Waals surface area contributed by atoms with Crippen LogP contribution in [0.5, 0.6) is 11.5 Å². The monoisotopic (exact) mass is 398 g/mol. The zero-order valence-corrected chi connectivity index (χ0v) is 17.2. The van der Waals surface area contributed by atoms with Gasteiger partial charge in [-0.2, -0.15) is 0 Å². The summed E-state index contributed by atoms with van der Waals surface area (Å²) < 4.78 is 23.3. The maximum atomic E-state index is 13.3. The summed E-state index contributed by atoms with van der Waals surface area (Å²) in [5.41, 5.74) is 2.25. The molecule has 6 atom stereocenters. The molecule has 29 heavy (non-hydrogen) atoms. The summed E-state index contributed by atoms with van der Waals surface area (Å²) in [5.74, 6) is 1.05. The molecule has 1 aromatic carbocycles. The molecule has 1 aromatic rings. The van der Waals surface area contributed by atoms with Gasteiger partial charge in [0, 0.05) is 24.7 Å². The normalized spacial score (nSPS) is 41.9. The van der Waals surface area contributed by atoms with Crippen molar-refractivity contribution in [3.8, 4) is 11.5 Å². The number of allylic oxidation sites excluding steroid dienone is 1. The number of esters is 1. The Morgan fingerprint density at radius 2 is 2.03 bits per heavy atom. The van der Waals surface area contributed by atoms with Crippen LogP contribution in [0.4, 0.5) is 5.69 Å². The van der Waals surface area contributed by atoms with Gasteiger partial charge >= 0.3 is 5.97 Å². The fourth-order valence-corrected chi connectivity index (χ4v) is 7.12. The van der Waals surface area contributed by atoms with Crippen LogP contribution in [0.2, 0.25) is 0 Å². The highest BCUT2D eigenvalue weighted by Crippen LogP contribution is 2.72. The van der Waals surface area contributed by atoms with E-state index in [4.69, 9.17) is 18.9 Å². The summed E-state index contributed by atoms with van der Waals surface area (Å²) in [5, 5.41) is 3.72. The fourth-order valence-electron chi connectivity index (χ4n) is 7.12. The van der Waals surface area contributed by atoms with Crippen molar-refractivity contribution in [1.82, 2.24) is 4.90 Å². The first-order chi connectivity index (χ1) is 14.0. The van der Waals surface area contributed by atoms with E-state index in [2.05, 4.69) is 23.2 Å². The van der Waals surface area contributed by atoms with Crippen molar-refractivity contribution in [1.29, 1.82) is 0 Å². The molecule has 4 bridgehead atoms. The van der Waals surface area contributed by atoms with Gasteiger partial charge < -0.3 is 24.3 Å². The Balaban J connectivity index is 1.64. The number of fused-ring (bicyclic) bond motifs is 4. The van der Waals surface area contributed by atoms with Crippen LogP contribution in [-0.4, -0.2) is 56.7 Å². The van der Waals surface area contributed by atoms with Crippen molar-refractivity contribution in [2.45, 2.75) is 43.2 Å². The average molecular weight is 398 g/mol. The minimum atomic E-state index is -0.619. The topological polar surface area (TPSA) is 69.3 Å². The number of nitrogens with zero attached hydrogens (tertiary/aromatic N) is 1. The number of hydrogen-bond donors (Lipinski definition) is 1. The molecule has 1 aliphatic carbocycles. The van der Waals surface area contributed by atoms with Gasteiger partial charge in [0.25, 0.3) is 0 Å². The summed E-state index contributed by atoms with van der Waals surface area (Å²) in [6, 6.07) is 4.24. The summed E-state index contributed by atoms with van der Waals surface area (Å²) in [6.07, 6.45) is 3.84. The van der Waals surface area contributed by atoms with Gasteiger partial charge in [-0.1, -0.05) is 11.6 Å². The van der Waals surface area contributed by atoms with E-state index in [0.29, 0.717) is 11.5 Å². The van der Waals surface area contributed by atoms with Crippen LogP contribution in [0.25, 0.3) is 0 Å². The van der Waals surface area contributed by atoms with Crippen molar-refractivity contribution in [2.24, 2.45) is 11.8 Å². The van der Waals surface area contributed by atoms with Gasteiger partial charge in [0.15, 0.2) is 17.2 Å². The lowest BCUT2D eigenvalue weighted by atomic mass is 9.49. The van der Waals surface area contributed by atoms with Gasteiger partial charge in [-0.05, 0) is 30.9 Å². The lowest BCUT2D eigenvalue weighted by molar-refractivity contribution is -0.161. The van der Waals surface area contributed by atoms with E-state index in [9.17, 15) is 4.79 Å². The Bertz CT molecular complexity index is 961. The van der Waals surface area contributed by atoms with Crippen LogP contribution < -0.4 is 14.8 Å². The second-order valence-corrected chi connectivity index (χ2v) is 8.76. The number of benzene rings is 1. The molecule has 4 aliphatic heterocycles. The highest BCUT2D eigenvalue weighted by molar-refractivity contribution is 5.82. The van der Waals surface area contributed by atoms with Crippen LogP contribution in [0, 0.1) is 11.8 Å². The standard InChI is InChI=1S/C22H26N2O5/c1-5-11-10-24-17-6-12(11)19(20(25)28-4)21-9-18(24)29-22(17,21)23-14-8-16(27-3)15(26-2)7-13(14)21/h5,7-8,12,17-19,23H,6,9-10H2,1-4H3/b11-5+/t12-,17+,18+,19-,21+,22+/m1/s1. The fraction of sp³-hybridized carbons (Fsp3) is 0.591. The molecule has 1 spiro atoms. The quantitative estimate of drug-likeness (QED) is 0.619. The Kier molecular flexibility index (Phi) is 3.31. The van der Waals surface area contributed by atoms with E-state index in [1.165, 1.54) is 12.7 Å². The third-order valence-corrected chi connectivity index (χ3v) is 8.12. The van der Waals surface area contributed by atoms with Gasteiger partial charge in [0.2, 0.25) is 0 Å². The molecular formula is C22H26N2O5. The van der Waals surface area contributed by atoms with E-state index in [0.717, 1.165) is 30.6 Å². The number of carbonyl (C=O) groups is 1. The second-order valence-electron chi connectivity index (χ2n) is 8.76. The van der Waals surface area contributed by atoms with Crippen LogP contribution in [0.3, 0.4) is 0 Å². The van der Waals surface area contributed by atoms with Crippen LogP contribution >= 0.6 is 0 Å². The molecule has 0 radical (unpaired) electrons. The summed E-state index contributed by atoms with van der Waals surface area (Å²) >= 11 is 0. The van der Waals surface area contributed by atoms with Crippen molar-refractivity contribution in [2.75, 3.05) is 33.2 Å². The van der Waals surface area contributed by atoms with Crippen LogP contribution in [0.15, 0.2) is 23.8 Å². The molecular weight excluding hydrogens is 372 g/mol. The zero-order chi connectivity index (χ0) is 20.1. The number of ether oxygens (including phenoxy) is 4. The number of carbonyl (C=O) groups excluding carboxylic acids is 1. The third-order valence-electron chi connectivity index (χ3n) is 8.12. The molecule has 7 nitrogen and oxygen atoms in total. The van der Waals surface area contributed by atoms with Crippen molar-refractivity contribution in [3.63, 3.8) is 0 Å². The largest absolute Gasteiger partial charge is 0.493 e. The van der Waals surface area contributed by atoms with E-state index in [-0.39, 0.29) is 30.1 Å². The highest BCUT2D eigenvalue weighted by Gasteiger charge is 2.82. The van der Waals surface area contributed by atoms with Gasteiger partial charge in [0.1, 0.15) is 6.23 Å². The highest BCUT2D eigenvalue weighted by atomic mass is 16.6. The van der Waals surface area contributed by atoms with Gasteiger partial charge in [-0.3, -0.25) is 9.69 Å². The maximum Gasteiger partial charge on any atom is 0.310 e. The Morgan fingerprint density at radius 1 is 1.28 bits per heavy atom. The summed E-state index contributed by atoms with van der Waals surface area (Å²) in [6.45, 7) is 2.92. The molecule has 6 rings (SSSR count). The van der Waals surface area contributed by atoms with Crippen molar-refractivity contribution in [3.05, 3.63) is 29.3 Å². The average Bonchev–Trinajstić information content (AvgIpc) is 3.33. The van der Waals surface area contributed by atoms with Gasteiger partial charge in [-0.25, -0.2) is 0 Å². The van der Waals surface area contributed by atoms with E-state index < -0.39 is 11.1 Å². The molecule has 4 heterocycles. The molecule has 7 heteroatoms. The molecule has 4 fully saturated rings. The van der Waals surface area contributed by atoms with Gasteiger partial charge in [-0.15, -0.1) is 0 Å². The summed E-state index contributed by atoms with van der Waals surface area (Å²) in [7, 11) is 4.77. The number of hydrogen-bond acceptors (Lipinski definition) is 7. The van der Waals surface area contributed by atoms with Crippen LogP contribution in [0.1, 0.15) is 25.3 Å². The number of piperidine rings is 2. The predicted octanol–water partition coefficient (Wildman–Crippen LogP) is 2.26. The molecule has 1 saturated carbocycles. The van der Waals surface area contributed by atoms with Gasteiger partial charge in [0.05, 0.1) is 38.7 Å². The molecule has 154 valence electrons. The SMILES string of the molecule is C/C=C1\CN2[C@@H]3C[C@@]45c6cc(OC)c(OC)cc6N[C@]4(O3)[C@@H]2C[C@H]1[C@@H]5C(=O)OC. The minimum absolute atomic E-state index is 0.00268. The number of anilines is 1. The number of nitrogens with one attached hydrogen (secondary N) is 1. The van der Waals surface area contributed by atoms with E-state index in [1.807, 2.05) is 12.1 Å². The molecule has 3 saturated heterocycles. The molecule has 1 N–H and O–H groups in total. The maximum absolute atomic E-state index is 13.3. The van der Waals surface area contributed by atoms with Crippen LogP contribution in [-0.2, 0) is 19.7 Å². The molecule has 5 aliphatic rings. The molecule has 0 unspecified atom stereocenters. The van der Waals surface area contributed by atoms with Crippen molar-refractivity contribution < 1.29 is 23.7 Å². The molecule has 0 aromatic heterocycles. The summed E-state index contributed by atoms with van der Waals surface area (Å²) in [4.78, 5) is 15.8. The van der Waals surface area contributed by atoms with E-state index in [1.54, 1.807) is 14.2 Å². The first-order valence-electron chi connectivity index (χ1n) is 10.3. The number of methoxy groups -OCH3 is 3. The smallest absolute Gasteiger partial charge is 0.310 e. The second kappa shape index (κ2) is 5.46. The predicted molar refractivity (Wildman–Crippen MR) is 105 cm³/mol. The third kappa shape index (κ3) is 1.73.